The van der Waals surface area contributed by atoms with Crippen molar-refractivity contribution in [2.75, 3.05) is 31.9 Å². The number of nitrogens with two attached hydrogens (primary N) is 1. The zero-order chi connectivity index (χ0) is 23.8. The molecule has 1 aliphatic rings. The van der Waals surface area contributed by atoms with Gasteiger partial charge in [0.25, 0.3) is 5.91 Å². The van der Waals surface area contributed by atoms with Crippen LogP contribution in [0.3, 0.4) is 0 Å². The summed E-state index contributed by atoms with van der Waals surface area (Å²) in [6.45, 7) is 5.96. The molecule has 2 aromatic heterocycles. The van der Waals surface area contributed by atoms with E-state index in [1.54, 1.807) is 41.4 Å². The summed E-state index contributed by atoms with van der Waals surface area (Å²) in [6.07, 6.45) is 1.62. The molecule has 174 valence electrons. The highest BCUT2D eigenvalue weighted by Crippen LogP contribution is 2.35. The lowest BCUT2D eigenvalue weighted by molar-refractivity contribution is 0.0636. The largest absolute Gasteiger partial charge is 0.399 e. The Hall–Kier alpha value is -4.18. The van der Waals surface area contributed by atoms with Gasteiger partial charge in [0.1, 0.15) is 11.9 Å². The molecule has 0 radical (unpaired) electrons. The van der Waals surface area contributed by atoms with Gasteiger partial charge in [0.05, 0.1) is 5.52 Å². The predicted octanol–water partition coefficient (Wildman–Crippen LogP) is 2.94. The van der Waals surface area contributed by atoms with Crippen molar-refractivity contribution in [3.05, 3.63) is 78.2 Å². The van der Waals surface area contributed by atoms with E-state index in [-0.39, 0.29) is 11.3 Å². The number of H-pyrrole nitrogens is 1. The average molecular weight is 462 g/mol. The fourth-order valence-electron chi connectivity index (χ4n) is 4.33. The van der Waals surface area contributed by atoms with Crippen molar-refractivity contribution in [3.63, 3.8) is 0 Å². The van der Waals surface area contributed by atoms with Gasteiger partial charge in [-0.3, -0.25) is 4.79 Å². The van der Waals surface area contributed by atoms with Crippen LogP contribution in [-0.4, -0.2) is 62.1 Å². The number of hydrogen-bond donors (Lipinski definition) is 3. The van der Waals surface area contributed by atoms with E-state index in [0.29, 0.717) is 65.6 Å². The quantitative estimate of drug-likeness (QED) is 0.390. The third-order valence-electron chi connectivity index (χ3n) is 6.13. The van der Waals surface area contributed by atoms with Crippen molar-refractivity contribution in [2.45, 2.75) is 6.10 Å². The molecule has 2 aromatic carbocycles. The predicted molar refractivity (Wildman–Crippen MR) is 124 cm³/mol. The van der Waals surface area contributed by atoms with Crippen LogP contribution in [0.4, 0.5) is 10.1 Å². The zero-order valence-corrected chi connectivity index (χ0v) is 18.2. The minimum absolute atomic E-state index is 0.0918. The van der Waals surface area contributed by atoms with E-state index in [0.717, 1.165) is 0 Å². The smallest absolute Gasteiger partial charge is 0.254 e. The first-order valence-corrected chi connectivity index (χ1v) is 10.8. The van der Waals surface area contributed by atoms with E-state index in [4.69, 9.17) is 10.3 Å². The van der Waals surface area contributed by atoms with Gasteiger partial charge in [0.15, 0.2) is 0 Å². The summed E-state index contributed by atoms with van der Waals surface area (Å²) in [5.41, 5.74) is 8.68. The number of piperazine rings is 1. The Morgan fingerprint density at radius 2 is 1.97 bits per heavy atom. The summed E-state index contributed by atoms with van der Waals surface area (Å²) in [4.78, 5) is 23.5. The van der Waals surface area contributed by atoms with Gasteiger partial charge in [0.2, 0.25) is 12.2 Å². The van der Waals surface area contributed by atoms with Crippen molar-refractivity contribution < 1.29 is 18.8 Å². The molecular weight excluding hydrogens is 439 g/mol. The summed E-state index contributed by atoms with van der Waals surface area (Å²) >= 11 is 0. The second-order valence-corrected chi connectivity index (χ2v) is 8.14. The number of aromatic amines is 1. The van der Waals surface area contributed by atoms with Gasteiger partial charge < -0.3 is 30.1 Å². The number of carbonyl (C=O) groups excluding carboxylic acids is 1. The molecule has 5 rings (SSSR count). The number of amides is 1. The molecule has 0 aliphatic carbocycles. The third kappa shape index (κ3) is 3.77. The lowest BCUT2D eigenvalue weighted by atomic mass is 10.0. The van der Waals surface area contributed by atoms with Crippen molar-refractivity contribution in [1.29, 1.82) is 0 Å². The number of rotatable bonds is 5. The Balaban J connectivity index is 1.32. The number of halogens is 1. The Morgan fingerprint density at radius 1 is 1.21 bits per heavy atom. The number of aromatic nitrogens is 3. The molecule has 9 nitrogen and oxygen atoms in total. The second-order valence-electron chi connectivity index (χ2n) is 8.14. The normalized spacial score (nSPS) is 15.0. The molecule has 1 atom stereocenters. The van der Waals surface area contributed by atoms with Crippen molar-refractivity contribution in [2.24, 2.45) is 0 Å². The zero-order valence-electron chi connectivity index (χ0n) is 18.2. The van der Waals surface area contributed by atoms with Crippen LogP contribution in [0.25, 0.3) is 22.3 Å². The maximum atomic E-state index is 14.8. The van der Waals surface area contributed by atoms with Gasteiger partial charge in [-0.2, -0.15) is 4.98 Å². The topological polar surface area (TPSA) is 125 Å². The number of benzene rings is 2. The molecule has 1 aliphatic heterocycles. The number of anilines is 1. The van der Waals surface area contributed by atoms with E-state index < -0.39 is 11.9 Å². The minimum atomic E-state index is -1.14. The highest BCUT2D eigenvalue weighted by Gasteiger charge is 2.28. The monoisotopic (exact) mass is 462 g/mol. The number of nitrogens with zero attached hydrogens (tertiary/aromatic N) is 4. The SMILES string of the molecule is C=C(C(O)c1c[nH]c2c(-c3ncon3)ccc(F)c12)N1CCN(C(=O)c2cccc(N)c2)CC1. The summed E-state index contributed by atoms with van der Waals surface area (Å²) in [7, 11) is 0. The molecule has 4 aromatic rings. The molecule has 3 heterocycles. The number of hydrogen-bond acceptors (Lipinski definition) is 7. The molecule has 4 N–H and O–H groups in total. The molecular formula is C24H23FN6O3. The maximum Gasteiger partial charge on any atom is 0.254 e. The average Bonchev–Trinajstić information content (AvgIpc) is 3.54. The number of carbonyl (C=O) groups is 1. The van der Waals surface area contributed by atoms with Crippen LogP contribution < -0.4 is 5.73 Å². The Labute approximate surface area is 194 Å². The fourth-order valence-corrected chi connectivity index (χ4v) is 4.33. The van der Waals surface area contributed by atoms with Crippen molar-refractivity contribution >= 4 is 22.5 Å². The number of nitrogens with one attached hydrogen (secondary N) is 1. The molecule has 34 heavy (non-hydrogen) atoms. The Morgan fingerprint density at radius 3 is 2.68 bits per heavy atom. The fraction of sp³-hybridized carbons (Fsp3) is 0.208. The molecule has 0 spiro atoms. The molecule has 1 saturated heterocycles. The number of aliphatic hydroxyl groups is 1. The van der Waals surface area contributed by atoms with Crippen LogP contribution >= 0.6 is 0 Å². The van der Waals surface area contributed by atoms with Gasteiger partial charge in [-0.25, -0.2) is 4.39 Å². The van der Waals surface area contributed by atoms with Crippen LogP contribution in [0, 0.1) is 5.82 Å². The summed E-state index contributed by atoms with van der Waals surface area (Å²) in [5, 5.41) is 15.1. The van der Waals surface area contributed by atoms with Gasteiger partial charge in [-0.15, -0.1) is 0 Å². The number of fused-ring (bicyclic) bond motifs is 1. The van der Waals surface area contributed by atoms with Crippen LogP contribution in [-0.2, 0) is 0 Å². The van der Waals surface area contributed by atoms with E-state index in [1.165, 1.54) is 12.5 Å². The summed E-state index contributed by atoms with van der Waals surface area (Å²) in [6, 6.07) is 9.75. The number of aliphatic hydroxyl groups excluding tert-OH is 1. The molecule has 1 fully saturated rings. The highest BCUT2D eigenvalue weighted by molar-refractivity contribution is 5.96. The Bertz CT molecular complexity index is 1360. The lowest BCUT2D eigenvalue weighted by Crippen LogP contribution is -2.48. The van der Waals surface area contributed by atoms with Crippen LogP contribution in [0.2, 0.25) is 0 Å². The van der Waals surface area contributed by atoms with Gasteiger partial charge in [-0.1, -0.05) is 17.8 Å². The molecule has 0 saturated carbocycles. The van der Waals surface area contributed by atoms with Crippen LogP contribution in [0.5, 0.6) is 0 Å². The lowest BCUT2D eigenvalue weighted by Gasteiger charge is -2.38. The first-order chi connectivity index (χ1) is 16.4. The molecule has 1 amide bonds. The van der Waals surface area contributed by atoms with Crippen molar-refractivity contribution in [3.8, 4) is 11.4 Å². The summed E-state index contributed by atoms with van der Waals surface area (Å²) in [5.74, 6) is -0.263. The van der Waals surface area contributed by atoms with Gasteiger partial charge >= 0.3 is 0 Å². The van der Waals surface area contributed by atoms with Crippen molar-refractivity contribution in [1.82, 2.24) is 24.9 Å². The third-order valence-corrected chi connectivity index (χ3v) is 6.13. The standard InChI is InChI=1S/C24H23FN6O3/c1-14(30-7-9-31(10-8-30)24(33)15-3-2-4-16(26)11-15)22(32)18-12-27-21-17(23-28-13-34-29-23)5-6-19(25)20(18)21/h2-6,11-13,22,27,32H,1,7-10,26H2. The van der Waals surface area contributed by atoms with Gasteiger partial charge in [0, 0.05) is 65.8 Å². The van der Waals surface area contributed by atoms with Crippen LogP contribution in [0.1, 0.15) is 22.0 Å². The Kier molecular flexibility index (Phi) is 5.50. The molecule has 1 unspecified atom stereocenters. The number of nitrogen functional groups attached to an aromatic ring is 1. The molecule has 0 bridgehead atoms. The first-order valence-electron chi connectivity index (χ1n) is 10.8. The van der Waals surface area contributed by atoms with E-state index in [1.807, 2.05) is 4.90 Å². The van der Waals surface area contributed by atoms with E-state index in [2.05, 4.69) is 21.7 Å². The first kappa shape index (κ1) is 21.7. The molecule has 10 heteroatoms. The van der Waals surface area contributed by atoms with E-state index >= 15 is 0 Å². The summed E-state index contributed by atoms with van der Waals surface area (Å²) < 4.78 is 19.6. The highest BCUT2D eigenvalue weighted by atomic mass is 19.1. The maximum absolute atomic E-state index is 14.8. The van der Waals surface area contributed by atoms with E-state index in [9.17, 15) is 14.3 Å². The second kappa shape index (κ2) is 8.64. The van der Waals surface area contributed by atoms with Gasteiger partial charge in [-0.05, 0) is 30.3 Å². The van der Waals surface area contributed by atoms with Crippen LogP contribution in [0.15, 0.2) is 65.8 Å². The minimum Gasteiger partial charge on any atom is -0.399 e.